The zero-order chi connectivity index (χ0) is 17.2. The van der Waals surface area contributed by atoms with Crippen LogP contribution >= 0.6 is 0 Å². The highest BCUT2D eigenvalue weighted by Gasteiger charge is 2.21. The fourth-order valence-corrected chi connectivity index (χ4v) is 2.07. The molecule has 0 saturated heterocycles. The van der Waals surface area contributed by atoms with Crippen molar-refractivity contribution in [3.05, 3.63) is 48.0 Å². The summed E-state index contributed by atoms with van der Waals surface area (Å²) in [6.07, 6.45) is 2.67. The van der Waals surface area contributed by atoms with Gasteiger partial charge in [0.25, 0.3) is 0 Å². The van der Waals surface area contributed by atoms with E-state index in [0.29, 0.717) is 12.8 Å². The van der Waals surface area contributed by atoms with Crippen molar-refractivity contribution in [2.75, 3.05) is 6.54 Å². The number of hydrogen-bond acceptors (Lipinski definition) is 3. The molecule has 0 bridgehead atoms. The van der Waals surface area contributed by atoms with Crippen LogP contribution in [-0.2, 0) is 20.8 Å². The maximum atomic E-state index is 12.1. The number of allylic oxidation sites excluding steroid dienone is 1. The molecule has 6 heteroatoms. The number of carboxylic acid groups (broad SMARTS) is 1. The van der Waals surface area contributed by atoms with Crippen molar-refractivity contribution in [3.8, 4) is 0 Å². The summed E-state index contributed by atoms with van der Waals surface area (Å²) in [5.41, 5.74) is 1.94. The van der Waals surface area contributed by atoms with Crippen molar-refractivity contribution in [3.63, 3.8) is 0 Å². The molecule has 6 nitrogen and oxygen atoms in total. The largest absolute Gasteiger partial charge is 0.480 e. The lowest BCUT2D eigenvalue weighted by Crippen LogP contribution is -2.49. The molecule has 0 fully saturated rings. The van der Waals surface area contributed by atoms with Crippen LogP contribution in [0.3, 0.4) is 0 Å². The fourth-order valence-electron chi connectivity index (χ4n) is 2.07. The van der Waals surface area contributed by atoms with E-state index in [4.69, 9.17) is 5.11 Å². The molecule has 124 valence electrons. The number of aryl methyl sites for hydroxylation is 1. The third-order valence-corrected chi connectivity index (χ3v) is 3.16. The third kappa shape index (κ3) is 7.26. The summed E-state index contributed by atoms with van der Waals surface area (Å²) < 4.78 is 0. The molecular formula is C17H22N2O4. The Labute approximate surface area is 135 Å². The topological polar surface area (TPSA) is 95.5 Å². The van der Waals surface area contributed by atoms with Gasteiger partial charge in [0.15, 0.2) is 0 Å². The molecule has 23 heavy (non-hydrogen) atoms. The first-order valence-electron chi connectivity index (χ1n) is 7.37. The normalized spacial score (nSPS) is 11.3. The predicted octanol–water partition coefficient (Wildman–Crippen LogP) is 1.19. The molecule has 1 aromatic carbocycles. The Balaban J connectivity index is 2.77. The number of rotatable bonds is 9. The number of aliphatic carboxylic acids is 1. The third-order valence-electron chi connectivity index (χ3n) is 3.16. The first kappa shape index (κ1) is 18.4. The second-order valence-corrected chi connectivity index (χ2v) is 5.25. The molecule has 0 aliphatic carbocycles. The van der Waals surface area contributed by atoms with Crippen molar-refractivity contribution in [2.45, 2.75) is 32.2 Å². The lowest BCUT2D eigenvalue weighted by atomic mass is 10.0. The first-order valence-corrected chi connectivity index (χ1v) is 7.37. The number of carbonyl (C=O) groups excluding carboxylic acids is 2. The van der Waals surface area contributed by atoms with Crippen LogP contribution in [-0.4, -0.2) is 35.5 Å². The fraction of sp³-hybridized carbons (Fsp3) is 0.353. The van der Waals surface area contributed by atoms with E-state index in [1.807, 2.05) is 31.2 Å². The Morgan fingerprint density at radius 1 is 1.35 bits per heavy atom. The van der Waals surface area contributed by atoms with Gasteiger partial charge in [-0.25, -0.2) is 0 Å². The molecule has 3 N–H and O–H groups in total. The van der Waals surface area contributed by atoms with Gasteiger partial charge in [0.1, 0.15) is 12.6 Å². The van der Waals surface area contributed by atoms with Crippen LogP contribution in [0, 0.1) is 6.92 Å². The Kier molecular flexibility index (Phi) is 7.53. The Morgan fingerprint density at radius 2 is 2.09 bits per heavy atom. The summed E-state index contributed by atoms with van der Waals surface area (Å²) in [5, 5.41) is 13.6. The van der Waals surface area contributed by atoms with E-state index in [1.54, 1.807) is 6.08 Å². The van der Waals surface area contributed by atoms with Gasteiger partial charge in [0.05, 0.1) is 0 Å². The van der Waals surface area contributed by atoms with Crippen molar-refractivity contribution < 1.29 is 19.5 Å². The van der Waals surface area contributed by atoms with Crippen LogP contribution in [0.15, 0.2) is 36.9 Å². The molecule has 1 rings (SSSR count). The minimum absolute atomic E-state index is 0.236. The van der Waals surface area contributed by atoms with Gasteiger partial charge < -0.3 is 15.7 Å². The van der Waals surface area contributed by atoms with Gasteiger partial charge in [0.2, 0.25) is 11.8 Å². The summed E-state index contributed by atoms with van der Waals surface area (Å²) in [6.45, 7) is 5.00. The molecule has 0 saturated carbocycles. The maximum Gasteiger partial charge on any atom is 0.322 e. The van der Waals surface area contributed by atoms with Gasteiger partial charge in [-0.05, 0) is 18.9 Å². The summed E-state index contributed by atoms with van der Waals surface area (Å²) in [7, 11) is 0. The second kappa shape index (κ2) is 9.40. The van der Waals surface area contributed by atoms with Crippen LogP contribution in [0.5, 0.6) is 0 Å². The van der Waals surface area contributed by atoms with E-state index in [9.17, 15) is 14.4 Å². The number of hydrogen-bond donors (Lipinski definition) is 3. The number of nitrogens with one attached hydrogen (secondary N) is 2. The number of amides is 2. The monoisotopic (exact) mass is 318 g/mol. The van der Waals surface area contributed by atoms with Gasteiger partial charge in [-0.15, -0.1) is 6.58 Å². The van der Waals surface area contributed by atoms with Crippen LogP contribution in [0.25, 0.3) is 0 Å². The lowest BCUT2D eigenvalue weighted by molar-refractivity contribution is -0.138. The number of carboxylic acids is 1. The summed E-state index contributed by atoms with van der Waals surface area (Å²) in [4.78, 5) is 34.6. The molecule has 0 unspecified atom stereocenters. The zero-order valence-electron chi connectivity index (χ0n) is 13.2. The van der Waals surface area contributed by atoms with Crippen molar-refractivity contribution in [1.29, 1.82) is 0 Å². The molecule has 2 amide bonds. The first-order chi connectivity index (χ1) is 10.9. The van der Waals surface area contributed by atoms with E-state index in [0.717, 1.165) is 11.1 Å². The van der Waals surface area contributed by atoms with Gasteiger partial charge in [-0.2, -0.15) is 0 Å². The van der Waals surface area contributed by atoms with Crippen LogP contribution in [0.1, 0.15) is 24.0 Å². The van der Waals surface area contributed by atoms with Crippen molar-refractivity contribution >= 4 is 17.8 Å². The van der Waals surface area contributed by atoms with Gasteiger partial charge in [-0.1, -0.05) is 35.9 Å². The quantitative estimate of drug-likeness (QED) is 0.596. The highest BCUT2D eigenvalue weighted by molar-refractivity contribution is 5.89. The van der Waals surface area contributed by atoms with Gasteiger partial charge in [0, 0.05) is 12.8 Å². The lowest BCUT2D eigenvalue weighted by Gasteiger charge is -2.18. The van der Waals surface area contributed by atoms with E-state index < -0.39 is 24.5 Å². The minimum Gasteiger partial charge on any atom is -0.480 e. The molecule has 1 aromatic rings. The second-order valence-electron chi connectivity index (χ2n) is 5.25. The summed E-state index contributed by atoms with van der Waals surface area (Å²) >= 11 is 0. The average molecular weight is 318 g/mol. The van der Waals surface area contributed by atoms with E-state index in [-0.39, 0.29) is 12.3 Å². The summed E-state index contributed by atoms with van der Waals surface area (Å²) in [6, 6.07) is 6.78. The molecule has 0 aliphatic rings. The minimum atomic E-state index is -1.13. The number of carbonyl (C=O) groups is 3. The molecule has 0 aromatic heterocycles. The highest BCUT2D eigenvalue weighted by atomic mass is 16.4. The highest BCUT2D eigenvalue weighted by Crippen LogP contribution is 2.07. The molecule has 1 atom stereocenters. The van der Waals surface area contributed by atoms with Crippen molar-refractivity contribution in [2.24, 2.45) is 0 Å². The predicted molar refractivity (Wildman–Crippen MR) is 86.9 cm³/mol. The van der Waals surface area contributed by atoms with Crippen LogP contribution < -0.4 is 10.6 Å². The average Bonchev–Trinajstić information content (AvgIpc) is 2.50. The van der Waals surface area contributed by atoms with Gasteiger partial charge in [-0.3, -0.25) is 14.4 Å². The van der Waals surface area contributed by atoms with Crippen LogP contribution in [0.2, 0.25) is 0 Å². The maximum absolute atomic E-state index is 12.1. The Hall–Kier alpha value is -2.63. The molecule has 0 aliphatic heterocycles. The van der Waals surface area contributed by atoms with Crippen molar-refractivity contribution in [1.82, 2.24) is 10.6 Å². The zero-order valence-corrected chi connectivity index (χ0v) is 13.2. The molecule has 0 heterocycles. The number of benzene rings is 1. The van der Waals surface area contributed by atoms with E-state index >= 15 is 0 Å². The Morgan fingerprint density at radius 3 is 2.70 bits per heavy atom. The van der Waals surface area contributed by atoms with E-state index in [2.05, 4.69) is 17.2 Å². The molecule has 0 radical (unpaired) electrons. The molecular weight excluding hydrogens is 296 g/mol. The standard InChI is InChI=1S/C17H22N2O4/c1-3-4-8-15(20)19-14(17(23)18-11-16(21)22)10-13-7-5-6-12(2)9-13/h3,5-7,9,14H,1,4,8,10-11H2,2H3,(H,18,23)(H,19,20)(H,21,22)/t14-/m0/s1. The smallest absolute Gasteiger partial charge is 0.322 e. The SMILES string of the molecule is C=CCCC(=O)N[C@@H](Cc1cccc(C)c1)C(=O)NCC(=O)O. The molecule has 0 spiro atoms. The Bertz CT molecular complexity index is 584. The summed E-state index contributed by atoms with van der Waals surface area (Å²) in [5.74, 6) is -1.92. The van der Waals surface area contributed by atoms with Crippen LogP contribution in [0.4, 0.5) is 0 Å². The van der Waals surface area contributed by atoms with Gasteiger partial charge >= 0.3 is 5.97 Å². The van der Waals surface area contributed by atoms with E-state index in [1.165, 1.54) is 0 Å².